The predicted octanol–water partition coefficient (Wildman–Crippen LogP) is 19.1. The topological polar surface area (TPSA) is 408 Å². The summed E-state index contributed by atoms with van der Waals surface area (Å²) in [6, 6.07) is 29.3. The molecule has 0 spiro atoms. The van der Waals surface area contributed by atoms with Gasteiger partial charge < -0.3 is 22.9 Å². The number of allylic oxidation sites excluding steroid dienone is 3. The van der Waals surface area contributed by atoms with Crippen molar-refractivity contribution in [2.45, 2.75) is 239 Å². The molecule has 9 N–H and O–H groups in total. The van der Waals surface area contributed by atoms with Crippen molar-refractivity contribution < 1.29 is 48.8 Å². The summed E-state index contributed by atoms with van der Waals surface area (Å²) in [5.41, 5.74) is 30.3. The lowest BCUT2D eigenvalue weighted by Crippen LogP contribution is -2.34. The second-order valence-electron chi connectivity index (χ2n) is 35.9. The normalized spacial score (nSPS) is 11.8. The van der Waals surface area contributed by atoms with E-state index in [9.17, 15) is 64.8 Å². The average Bonchev–Trinajstić information content (AvgIpc) is 0.818. The minimum atomic E-state index is -0.623. The highest BCUT2D eigenvalue weighted by Crippen LogP contribution is 2.33. The fourth-order valence-corrected chi connectivity index (χ4v) is 8.26. The Morgan fingerprint density at radius 2 is 0.786 bits per heavy atom. The van der Waals surface area contributed by atoms with Gasteiger partial charge in [0.25, 0.3) is 28.7 Å². The summed E-state index contributed by atoms with van der Waals surface area (Å²) >= 11 is 0. The molecule has 0 radical (unpaired) electrons. The highest BCUT2D eigenvalue weighted by atomic mass is 16.6. The van der Waals surface area contributed by atoms with Crippen LogP contribution in [0.15, 0.2) is 183 Å². The second-order valence-corrected chi connectivity index (χ2v) is 35.9. The third-order valence-electron chi connectivity index (χ3n) is 16.6. The van der Waals surface area contributed by atoms with E-state index >= 15 is 0 Å². The molecule has 25 heteroatoms. The molecule has 3 heterocycles. The third kappa shape index (κ3) is 42.7. The van der Waals surface area contributed by atoms with Crippen molar-refractivity contribution >= 4 is 46.4 Å². The van der Waals surface area contributed by atoms with E-state index in [1.54, 1.807) is 73.3 Å². The van der Waals surface area contributed by atoms with Crippen molar-refractivity contribution in [3.05, 3.63) is 279 Å². The van der Waals surface area contributed by atoms with Crippen LogP contribution in [-0.4, -0.2) is 63.5 Å². The van der Waals surface area contributed by atoms with Gasteiger partial charge in [-0.3, -0.25) is 69.8 Å². The maximum absolute atomic E-state index is 10.9. The van der Waals surface area contributed by atoms with Crippen LogP contribution in [0.3, 0.4) is 0 Å². The van der Waals surface area contributed by atoms with E-state index in [1.807, 2.05) is 108 Å². The molecule has 0 aliphatic carbocycles. The zero-order chi connectivity index (χ0) is 87.9. The number of benzene rings is 4. The van der Waals surface area contributed by atoms with Crippen molar-refractivity contribution in [2.75, 3.05) is 0 Å². The van der Waals surface area contributed by atoms with Crippen LogP contribution >= 0.6 is 0 Å². The number of nitro benzene ring substituents is 4. The lowest BCUT2D eigenvalue weighted by Gasteiger charge is -2.23. The Morgan fingerprint density at radius 3 is 1.12 bits per heavy atom. The Hall–Kier alpha value is -11.2. The summed E-state index contributed by atoms with van der Waals surface area (Å²) < 4.78 is 0.862. The number of nitrogens with two attached hydrogens (primary N) is 4. The standard InChI is InChI=1S/C11H16.C10H12N2O4.C10H14N2O2.C10H14N2O.2C10H13NO2.C9H17NO.C9H15NO.C8H12N2/c1-9-6-5-7-10(8-9)11(2,3)4;1-10(2,3)7-4-8(11(13)14)6-9(5-7)12(15)16;1-10(2,3)8-4-7(9(11)13)5-12(14)6-8;1-10(2,3)8-4-7(9(11)13)5-12-6-8;1-10(2,3)8-4-6-9(7-5-8)11(12)13;1-10(2,3)8-5-4-6-9(7-8)11(12)13;2*1-7(9(2,3)4)5-6-8(10)11;1-8(2,3)7-4-9-6-10-5-7/h5-8H,1-4H3;4-6H,1-3H3;4-6H,1-3H3,(H2-,11,13,14);4-6H,1-3H3,(H2,11,13);2*4-7H,1-3H3;5-7H,1-4H3,(H2,10,11);5-6H,1H2,2-4H3,(H2,10,11);4-6H,1-3H3/p+1/b;;;;;;2*6-5+;. The molecule has 0 bridgehead atoms. The van der Waals surface area contributed by atoms with Crippen molar-refractivity contribution in [1.29, 1.82) is 0 Å². The number of non-ortho nitro benzene ring substituents is 4. The van der Waals surface area contributed by atoms with Crippen LogP contribution in [0.25, 0.3) is 0 Å². The van der Waals surface area contributed by atoms with Gasteiger partial charge in [-0.25, -0.2) is 9.97 Å². The van der Waals surface area contributed by atoms with Gasteiger partial charge in [0.2, 0.25) is 30.1 Å². The molecular weight excluding hydrogens is 1420 g/mol. The Labute approximate surface area is 664 Å². The Kier molecular flexibility index (Phi) is 40.4. The first-order valence-corrected chi connectivity index (χ1v) is 36.3. The average molecular weight is 1550 g/mol. The SMILES string of the molecule is C=C(/C=C/C(N)=O)C(C)(C)C.CC(/C=C/C(N)=O)C(C)(C)C.CC(C)(C)c1cc(C(N)=O)c[n+](O)c1.CC(C)(C)c1cc([N+](=O)[O-])cc([N+](=O)[O-])c1.CC(C)(C)c1ccc([N+](=O)[O-])cc1.CC(C)(C)c1cccc([N+](=O)[O-])c1.CC(C)(C)c1cncc(C(N)=O)c1.CC(C)(C)c1cncnc1.Cc1cccc(C(C)(C)C)c1. The lowest BCUT2D eigenvalue weighted by atomic mass is 9.82. The number of hydrogen-bond donors (Lipinski definition) is 5. The molecule has 7 rings (SSSR count). The van der Waals surface area contributed by atoms with Gasteiger partial charge in [0.05, 0.1) is 31.3 Å². The van der Waals surface area contributed by atoms with Crippen LogP contribution in [-0.2, 0) is 47.5 Å². The van der Waals surface area contributed by atoms with Crippen LogP contribution in [0.5, 0.6) is 0 Å². The number of hydrogen-bond acceptors (Lipinski definition) is 16. The number of aryl methyl sites for hydroxylation is 1. The summed E-state index contributed by atoms with van der Waals surface area (Å²) in [5.74, 6) is -1.41. The molecule has 1 atom stereocenters. The zero-order valence-electron chi connectivity index (χ0n) is 71.7. The van der Waals surface area contributed by atoms with Crippen LogP contribution < -0.4 is 27.7 Å². The van der Waals surface area contributed by atoms with E-state index in [0.717, 1.165) is 38.6 Å². The molecule has 25 nitrogen and oxygen atoms in total. The van der Waals surface area contributed by atoms with Gasteiger partial charge >= 0.3 is 0 Å². The molecule has 0 aliphatic heterocycles. The Bertz CT molecular complexity index is 4220. The van der Waals surface area contributed by atoms with Crippen molar-refractivity contribution in [3.63, 3.8) is 0 Å². The van der Waals surface area contributed by atoms with Crippen LogP contribution in [0.4, 0.5) is 22.7 Å². The van der Waals surface area contributed by atoms with Crippen LogP contribution in [0.1, 0.15) is 259 Å². The Balaban J connectivity index is 0. The second kappa shape index (κ2) is 44.0. The number of aromatic nitrogens is 4. The van der Waals surface area contributed by atoms with E-state index in [2.05, 4.69) is 163 Å². The first kappa shape index (κ1) is 103. The zero-order valence-corrected chi connectivity index (χ0v) is 71.7. The maximum atomic E-state index is 10.9. The fourth-order valence-electron chi connectivity index (χ4n) is 8.26. The molecule has 4 aromatic carbocycles. The maximum Gasteiger partial charge on any atom is 0.276 e. The molecule has 3 aromatic heterocycles. The van der Waals surface area contributed by atoms with Crippen LogP contribution in [0.2, 0.25) is 0 Å². The monoisotopic (exact) mass is 1550 g/mol. The largest absolute Gasteiger partial charge is 0.366 e. The minimum absolute atomic E-state index is 0.00153. The van der Waals surface area contributed by atoms with Gasteiger partial charge in [-0.05, 0) is 119 Å². The number of nitro groups is 4. The number of carbonyl (C=O) groups is 4. The number of primary amides is 4. The number of amides is 4. The van der Waals surface area contributed by atoms with Gasteiger partial charge in [-0.15, -0.1) is 0 Å². The molecule has 0 fully saturated rings. The minimum Gasteiger partial charge on any atom is -0.366 e. The summed E-state index contributed by atoms with van der Waals surface area (Å²) in [5, 5.41) is 51.4. The van der Waals surface area contributed by atoms with Crippen LogP contribution in [0, 0.1) is 64.1 Å². The molecule has 0 aliphatic rings. The molecule has 1 unspecified atom stereocenters. The number of pyridine rings is 2. The summed E-state index contributed by atoms with van der Waals surface area (Å²) in [7, 11) is 0. The van der Waals surface area contributed by atoms with Gasteiger partial charge in [-0.2, -0.15) is 0 Å². The van der Waals surface area contributed by atoms with E-state index < -0.39 is 27.6 Å². The molecule has 112 heavy (non-hydrogen) atoms. The van der Waals surface area contributed by atoms with Gasteiger partial charge in [-0.1, -0.05) is 267 Å². The summed E-state index contributed by atoms with van der Waals surface area (Å²) in [4.78, 5) is 94.5. The van der Waals surface area contributed by atoms with Gasteiger partial charge in [0.15, 0.2) is 0 Å². The molecule has 0 saturated heterocycles. The predicted molar refractivity (Wildman–Crippen MR) is 449 cm³/mol. The first-order chi connectivity index (χ1) is 50.5. The van der Waals surface area contributed by atoms with E-state index in [4.69, 9.17) is 22.9 Å². The Morgan fingerprint density at radius 1 is 0.411 bits per heavy atom. The van der Waals surface area contributed by atoms with E-state index in [-0.39, 0.29) is 87.2 Å². The first-order valence-electron chi connectivity index (χ1n) is 36.3. The van der Waals surface area contributed by atoms with Crippen molar-refractivity contribution in [2.24, 2.45) is 39.7 Å². The smallest absolute Gasteiger partial charge is 0.276 e. The van der Waals surface area contributed by atoms with Crippen molar-refractivity contribution in [1.82, 2.24) is 15.0 Å². The molecular formula is C87H127N12O13+. The number of rotatable bonds is 10. The molecule has 612 valence electrons. The van der Waals surface area contributed by atoms with E-state index in [0.29, 0.717) is 22.6 Å². The molecule has 0 saturated carbocycles. The van der Waals surface area contributed by atoms with Gasteiger partial charge in [0, 0.05) is 77.6 Å². The van der Waals surface area contributed by atoms with E-state index in [1.165, 1.54) is 59.4 Å². The van der Waals surface area contributed by atoms with Crippen molar-refractivity contribution in [3.8, 4) is 0 Å². The quantitative estimate of drug-likeness (QED) is 0.0212. The molecule has 4 amide bonds. The van der Waals surface area contributed by atoms with Gasteiger partial charge in [0.1, 0.15) is 11.9 Å². The number of nitrogens with zero attached hydrogens (tertiary/aromatic N) is 8. The third-order valence-corrected chi connectivity index (χ3v) is 16.6. The number of carbonyl (C=O) groups excluding carboxylic acids is 4. The summed E-state index contributed by atoms with van der Waals surface area (Å²) in [6.45, 7) is 63.7. The highest BCUT2D eigenvalue weighted by Gasteiger charge is 2.25. The summed E-state index contributed by atoms with van der Waals surface area (Å²) in [6.07, 6.45) is 17.6. The fraction of sp³-hybridized carbons (Fsp3) is 0.448. The lowest BCUT2D eigenvalue weighted by molar-refractivity contribution is -0.905. The highest BCUT2D eigenvalue weighted by molar-refractivity contribution is 5.93. The molecule has 7 aromatic rings.